The van der Waals surface area contributed by atoms with Gasteiger partial charge >= 0.3 is 0 Å². The van der Waals surface area contributed by atoms with Crippen LogP contribution >= 0.6 is 0 Å². The number of rotatable bonds is 4. The first-order valence-corrected chi connectivity index (χ1v) is 8.44. The van der Waals surface area contributed by atoms with Crippen LogP contribution in [-0.2, 0) is 0 Å². The number of allylic oxidation sites excluding steroid dienone is 1. The van der Waals surface area contributed by atoms with Crippen LogP contribution in [0.3, 0.4) is 0 Å². The average Bonchev–Trinajstić information content (AvgIpc) is 2.56. The zero-order valence-corrected chi connectivity index (χ0v) is 15.0. The first-order chi connectivity index (χ1) is 10.7. The van der Waals surface area contributed by atoms with Crippen LogP contribution in [0.2, 0.25) is 0 Å². The number of benzene rings is 2. The van der Waals surface area contributed by atoms with Gasteiger partial charge in [0.2, 0.25) is 0 Å². The fraction of sp³-hybridized carbons (Fsp3) is 0.364. The van der Waals surface area contributed by atoms with Gasteiger partial charge in [0.15, 0.2) is 0 Å². The van der Waals surface area contributed by atoms with Gasteiger partial charge in [-0.3, -0.25) is 0 Å². The van der Waals surface area contributed by atoms with Crippen LogP contribution in [0.25, 0.3) is 16.8 Å². The van der Waals surface area contributed by atoms with E-state index in [0.29, 0.717) is 5.92 Å². The topological polar surface area (TPSA) is 0 Å². The van der Waals surface area contributed by atoms with Gasteiger partial charge in [-0.15, -0.1) is 6.58 Å². The van der Waals surface area contributed by atoms with Crippen molar-refractivity contribution in [1.29, 1.82) is 0 Å². The SMILES string of the molecule is C=CCC(C)c1ccc2ccccc2c1C=C.CC.CCC. The van der Waals surface area contributed by atoms with E-state index in [1.165, 1.54) is 28.3 Å². The Bertz CT molecular complexity index is 563. The molecule has 2 aromatic rings. The number of fused-ring (bicyclic) bond motifs is 1. The molecule has 0 heteroatoms. The molecule has 0 fully saturated rings. The Balaban J connectivity index is 0.000000789. The van der Waals surface area contributed by atoms with Gasteiger partial charge in [-0.2, -0.15) is 0 Å². The molecule has 0 N–H and O–H groups in total. The second kappa shape index (κ2) is 11.8. The van der Waals surface area contributed by atoms with Crippen LogP contribution in [0.1, 0.15) is 64.5 Å². The minimum absolute atomic E-state index is 0.491. The summed E-state index contributed by atoms with van der Waals surface area (Å²) in [5.41, 5.74) is 2.62. The lowest BCUT2D eigenvalue weighted by atomic mass is 9.89. The third-order valence-corrected chi connectivity index (χ3v) is 3.26. The highest BCUT2D eigenvalue weighted by Crippen LogP contribution is 2.30. The summed E-state index contributed by atoms with van der Waals surface area (Å²) < 4.78 is 0. The van der Waals surface area contributed by atoms with Crippen molar-refractivity contribution in [1.82, 2.24) is 0 Å². The van der Waals surface area contributed by atoms with Crippen molar-refractivity contribution in [3.8, 4) is 0 Å². The van der Waals surface area contributed by atoms with E-state index in [1.54, 1.807) is 0 Å². The third-order valence-electron chi connectivity index (χ3n) is 3.26. The molecule has 0 aromatic heterocycles. The Morgan fingerprint density at radius 2 is 1.59 bits per heavy atom. The van der Waals surface area contributed by atoms with Crippen LogP contribution in [0, 0.1) is 0 Å². The largest absolute Gasteiger partial charge is 0.103 e. The molecule has 0 bridgehead atoms. The van der Waals surface area contributed by atoms with Crippen LogP contribution in [0.4, 0.5) is 0 Å². The molecule has 0 aliphatic rings. The standard InChI is InChI=1S/C17H18.C3H8.C2H6/c1-4-8-13(3)16-12-11-14-9-6-7-10-17(14)15(16)5-2;1-3-2;1-2/h4-7,9-13H,1-2,8H2,3H3;3H2,1-2H3;1-2H3. The van der Waals surface area contributed by atoms with Gasteiger partial charge in [-0.1, -0.05) is 96.2 Å². The van der Waals surface area contributed by atoms with Crippen molar-refractivity contribution in [2.75, 3.05) is 0 Å². The summed E-state index contributed by atoms with van der Waals surface area (Å²) in [5.74, 6) is 0.491. The molecule has 0 saturated heterocycles. The predicted octanol–water partition coefficient (Wildman–Crippen LogP) is 7.60. The molecule has 0 aliphatic carbocycles. The highest BCUT2D eigenvalue weighted by molar-refractivity contribution is 5.91. The van der Waals surface area contributed by atoms with E-state index in [1.807, 2.05) is 26.0 Å². The van der Waals surface area contributed by atoms with Crippen LogP contribution < -0.4 is 0 Å². The summed E-state index contributed by atoms with van der Waals surface area (Å²) >= 11 is 0. The second-order valence-corrected chi connectivity index (χ2v) is 5.13. The van der Waals surface area contributed by atoms with Crippen molar-refractivity contribution in [3.63, 3.8) is 0 Å². The van der Waals surface area contributed by atoms with Crippen LogP contribution in [0.5, 0.6) is 0 Å². The molecule has 2 aromatic carbocycles. The van der Waals surface area contributed by atoms with Gasteiger partial charge in [0.05, 0.1) is 0 Å². The van der Waals surface area contributed by atoms with E-state index in [0.717, 1.165) is 6.42 Å². The molecule has 1 atom stereocenters. The highest BCUT2D eigenvalue weighted by Gasteiger charge is 2.10. The van der Waals surface area contributed by atoms with Crippen molar-refractivity contribution >= 4 is 16.8 Å². The maximum absolute atomic E-state index is 3.96. The zero-order valence-electron chi connectivity index (χ0n) is 15.0. The van der Waals surface area contributed by atoms with Crippen molar-refractivity contribution < 1.29 is 0 Å². The monoisotopic (exact) mass is 296 g/mol. The molecule has 0 spiro atoms. The molecule has 0 nitrogen and oxygen atoms in total. The quantitative estimate of drug-likeness (QED) is 0.509. The average molecular weight is 296 g/mol. The van der Waals surface area contributed by atoms with Crippen molar-refractivity contribution in [3.05, 3.63) is 66.8 Å². The van der Waals surface area contributed by atoms with Crippen molar-refractivity contribution in [2.24, 2.45) is 0 Å². The first kappa shape index (κ1) is 20.2. The van der Waals surface area contributed by atoms with Gasteiger partial charge in [0, 0.05) is 0 Å². The molecule has 0 saturated carbocycles. The molecule has 1 unspecified atom stereocenters. The van der Waals surface area contributed by atoms with E-state index < -0.39 is 0 Å². The summed E-state index contributed by atoms with van der Waals surface area (Å²) in [6, 6.07) is 12.9. The molecular weight excluding hydrogens is 264 g/mol. The smallest absolute Gasteiger partial charge is 0.0109 e. The predicted molar refractivity (Wildman–Crippen MR) is 105 cm³/mol. The Morgan fingerprint density at radius 3 is 2.14 bits per heavy atom. The van der Waals surface area contributed by atoms with E-state index in [2.05, 4.69) is 70.3 Å². The van der Waals surface area contributed by atoms with Gasteiger partial charge in [0.1, 0.15) is 0 Å². The molecule has 0 aliphatic heterocycles. The second-order valence-electron chi connectivity index (χ2n) is 5.13. The fourth-order valence-electron chi connectivity index (χ4n) is 2.35. The summed E-state index contributed by atoms with van der Waals surface area (Å²) in [6.45, 7) is 18.3. The minimum Gasteiger partial charge on any atom is -0.103 e. The Labute approximate surface area is 137 Å². The lowest BCUT2D eigenvalue weighted by molar-refractivity contribution is 0.781. The lowest BCUT2D eigenvalue weighted by Gasteiger charge is -2.15. The molecule has 0 heterocycles. The molecule has 0 radical (unpaired) electrons. The Kier molecular flexibility index (Phi) is 10.8. The third kappa shape index (κ3) is 5.52. The normalized spacial score (nSPS) is 10.6. The van der Waals surface area contributed by atoms with Gasteiger partial charge < -0.3 is 0 Å². The lowest BCUT2D eigenvalue weighted by Crippen LogP contribution is -1.96. The maximum atomic E-state index is 3.96. The Hall–Kier alpha value is -1.82. The van der Waals surface area contributed by atoms with Gasteiger partial charge in [-0.05, 0) is 34.2 Å². The van der Waals surface area contributed by atoms with Crippen molar-refractivity contribution in [2.45, 2.75) is 53.4 Å². The summed E-state index contributed by atoms with van der Waals surface area (Å²) in [6.07, 6.45) is 6.20. The first-order valence-electron chi connectivity index (χ1n) is 8.44. The maximum Gasteiger partial charge on any atom is -0.0109 e. The molecule has 120 valence electrons. The molecule has 2 rings (SSSR count). The molecule has 0 amide bonds. The molecular formula is C22H32. The van der Waals surface area contributed by atoms with Crippen LogP contribution in [0.15, 0.2) is 55.6 Å². The van der Waals surface area contributed by atoms with Crippen LogP contribution in [-0.4, -0.2) is 0 Å². The van der Waals surface area contributed by atoms with Gasteiger partial charge in [-0.25, -0.2) is 0 Å². The number of hydrogen-bond donors (Lipinski definition) is 0. The van der Waals surface area contributed by atoms with Gasteiger partial charge in [0.25, 0.3) is 0 Å². The zero-order chi connectivity index (χ0) is 17.0. The summed E-state index contributed by atoms with van der Waals surface area (Å²) in [5, 5.41) is 2.56. The van der Waals surface area contributed by atoms with E-state index in [4.69, 9.17) is 0 Å². The molecule has 22 heavy (non-hydrogen) atoms. The van der Waals surface area contributed by atoms with E-state index >= 15 is 0 Å². The highest BCUT2D eigenvalue weighted by atomic mass is 14.1. The summed E-state index contributed by atoms with van der Waals surface area (Å²) in [4.78, 5) is 0. The number of hydrogen-bond acceptors (Lipinski definition) is 0. The van der Waals surface area contributed by atoms with E-state index in [-0.39, 0.29) is 0 Å². The van der Waals surface area contributed by atoms with E-state index in [9.17, 15) is 0 Å². The fourth-order valence-corrected chi connectivity index (χ4v) is 2.35. The summed E-state index contributed by atoms with van der Waals surface area (Å²) in [7, 11) is 0. The Morgan fingerprint density at radius 1 is 1.00 bits per heavy atom. The minimum atomic E-state index is 0.491.